The van der Waals surface area contributed by atoms with Crippen molar-refractivity contribution in [2.24, 2.45) is 0 Å². The van der Waals surface area contributed by atoms with Crippen molar-refractivity contribution in [2.75, 3.05) is 12.4 Å². The monoisotopic (exact) mass is 258 g/mol. The molecule has 2 aromatic rings. The molecule has 0 atom stereocenters. The third-order valence-corrected chi connectivity index (χ3v) is 3.59. The fraction of sp³-hybridized carbons (Fsp3) is 0.429. The third kappa shape index (κ3) is 1.95. The number of rotatable bonds is 3. The SMILES string of the molecule is CNc1cc(C)cn(-c2cnn(C3CC3)c2C)c1=O. The Morgan fingerprint density at radius 1 is 1.37 bits per heavy atom. The van der Waals surface area contributed by atoms with Gasteiger partial charge in [0.1, 0.15) is 5.69 Å². The van der Waals surface area contributed by atoms with Gasteiger partial charge in [0.2, 0.25) is 0 Å². The minimum atomic E-state index is -0.0356. The number of anilines is 1. The van der Waals surface area contributed by atoms with Crippen molar-refractivity contribution in [2.45, 2.75) is 32.7 Å². The van der Waals surface area contributed by atoms with E-state index in [1.807, 2.05) is 30.8 Å². The number of aryl methyl sites for hydroxylation is 1. The molecule has 1 N–H and O–H groups in total. The zero-order chi connectivity index (χ0) is 13.6. The Bertz CT molecular complexity index is 679. The predicted octanol–water partition coefficient (Wildman–Crippen LogP) is 2.03. The second-order valence-corrected chi connectivity index (χ2v) is 5.15. The minimum Gasteiger partial charge on any atom is -0.384 e. The lowest BCUT2D eigenvalue weighted by Crippen LogP contribution is -2.21. The molecule has 2 heterocycles. The highest BCUT2D eigenvalue weighted by Crippen LogP contribution is 2.36. The summed E-state index contributed by atoms with van der Waals surface area (Å²) in [5.41, 5.74) is 3.54. The normalized spacial score (nSPS) is 14.7. The summed E-state index contributed by atoms with van der Waals surface area (Å²) in [4.78, 5) is 12.4. The highest BCUT2D eigenvalue weighted by molar-refractivity contribution is 5.46. The smallest absolute Gasteiger partial charge is 0.278 e. The molecule has 2 aromatic heterocycles. The van der Waals surface area contributed by atoms with Gasteiger partial charge in [0.15, 0.2) is 0 Å². The first kappa shape index (κ1) is 12.0. The van der Waals surface area contributed by atoms with Crippen LogP contribution in [0.3, 0.4) is 0 Å². The van der Waals surface area contributed by atoms with Gasteiger partial charge in [-0.2, -0.15) is 5.10 Å². The molecule has 1 aliphatic carbocycles. The van der Waals surface area contributed by atoms with E-state index in [9.17, 15) is 4.79 Å². The van der Waals surface area contributed by atoms with Crippen molar-refractivity contribution in [1.82, 2.24) is 14.3 Å². The molecule has 0 saturated heterocycles. The van der Waals surface area contributed by atoms with Crippen LogP contribution >= 0.6 is 0 Å². The molecule has 0 aliphatic heterocycles. The summed E-state index contributed by atoms with van der Waals surface area (Å²) in [5, 5.41) is 7.36. The van der Waals surface area contributed by atoms with Gasteiger partial charge in [-0.15, -0.1) is 0 Å². The molecule has 0 spiro atoms. The summed E-state index contributed by atoms with van der Waals surface area (Å²) < 4.78 is 3.71. The molecule has 1 aliphatic rings. The van der Waals surface area contributed by atoms with Crippen LogP contribution in [0.15, 0.2) is 23.3 Å². The first-order chi connectivity index (χ1) is 9.11. The molecule has 5 heteroatoms. The van der Waals surface area contributed by atoms with Crippen molar-refractivity contribution in [3.05, 3.63) is 40.1 Å². The van der Waals surface area contributed by atoms with E-state index in [1.54, 1.807) is 17.8 Å². The van der Waals surface area contributed by atoms with E-state index in [0.717, 1.165) is 16.9 Å². The fourth-order valence-electron chi connectivity index (χ4n) is 2.41. The van der Waals surface area contributed by atoms with Crippen LogP contribution in [-0.4, -0.2) is 21.4 Å². The lowest BCUT2D eigenvalue weighted by molar-refractivity contribution is 0.621. The molecule has 0 unspecified atom stereocenters. The average Bonchev–Trinajstić information content (AvgIpc) is 3.16. The van der Waals surface area contributed by atoms with Crippen LogP contribution in [0.4, 0.5) is 5.69 Å². The Labute approximate surface area is 111 Å². The van der Waals surface area contributed by atoms with E-state index in [1.165, 1.54) is 12.8 Å². The van der Waals surface area contributed by atoms with Crippen molar-refractivity contribution >= 4 is 5.69 Å². The highest BCUT2D eigenvalue weighted by atomic mass is 16.1. The largest absolute Gasteiger partial charge is 0.384 e. The van der Waals surface area contributed by atoms with Gasteiger partial charge in [0, 0.05) is 13.2 Å². The van der Waals surface area contributed by atoms with Crippen LogP contribution in [0.2, 0.25) is 0 Å². The molecule has 0 bridgehead atoms. The molecule has 0 aromatic carbocycles. The minimum absolute atomic E-state index is 0.0356. The van der Waals surface area contributed by atoms with Crippen molar-refractivity contribution in [3.8, 4) is 5.69 Å². The number of nitrogens with one attached hydrogen (secondary N) is 1. The standard InChI is InChI=1S/C14H18N4O/c1-9-6-12(15-3)14(19)17(8-9)13-7-16-18(10(13)2)11-4-5-11/h6-8,11,15H,4-5H2,1-3H3. The van der Waals surface area contributed by atoms with Gasteiger partial charge < -0.3 is 5.32 Å². The first-order valence-electron chi connectivity index (χ1n) is 6.57. The molecule has 1 saturated carbocycles. The van der Waals surface area contributed by atoms with Crippen LogP contribution in [0, 0.1) is 13.8 Å². The highest BCUT2D eigenvalue weighted by Gasteiger charge is 2.27. The number of pyridine rings is 1. The maximum atomic E-state index is 12.4. The van der Waals surface area contributed by atoms with Crippen LogP contribution in [-0.2, 0) is 0 Å². The van der Waals surface area contributed by atoms with E-state index in [-0.39, 0.29) is 5.56 Å². The van der Waals surface area contributed by atoms with E-state index < -0.39 is 0 Å². The Hall–Kier alpha value is -2.04. The van der Waals surface area contributed by atoms with Gasteiger partial charge >= 0.3 is 0 Å². The Balaban J connectivity index is 2.16. The fourth-order valence-corrected chi connectivity index (χ4v) is 2.41. The third-order valence-electron chi connectivity index (χ3n) is 3.59. The summed E-state index contributed by atoms with van der Waals surface area (Å²) >= 11 is 0. The quantitative estimate of drug-likeness (QED) is 0.916. The van der Waals surface area contributed by atoms with Crippen molar-refractivity contribution in [3.63, 3.8) is 0 Å². The number of aromatic nitrogens is 3. The van der Waals surface area contributed by atoms with E-state index >= 15 is 0 Å². The number of hydrogen-bond acceptors (Lipinski definition) is 3. The summed E-state index contributed by atoms with van der Waals surface area (Å²) in [6.07, 6.45) is 6.03. The topological polar surface area (TPSA) is 51.9 Å². The van der Waals surface area contributed by atoms with Gasteiger partial charge in [-0.1, -0.05) is 0 Å². The van der Waals surface area contributed by atoms with Gasteiger partial charge in [0.05, 0.1) is 23.6 Å². The van der Waals surface area contributed by atoms with Crippen molar-refractivity contribution < 1.29 is 0 Å². The molecular weight excluding hydrogens is 240 g/mol. The van der Waals surface area contributed by atoms with Crippen LogP contribution < -0.4 is 10.9 Å². The maximum Gasteiger partial charge on any atom is 0.278 e. The molecule has 3 rings (SSSR count). The lowest BCUT2D eigenvalue weighted by Gasteiger charge is -2.10. The molecular formula is C14H18N4O. The molecule has 1 fully saturated rings. The van der Waals surface area contributed by atoms with Crippen LogP contribution in [0.25, 0.3) is 5.69 Å². The van der Waals surface area contributed by atoms with Crippen LogP contribution in [0.1, 0.15) is 30.1 Å². The van der Waals surface area contributed by atoms with E-state index in [2.05, 4.69) is 10.4 Å². The summed E-state index contributed by atoms with van der Waals surface area (Å²) in [5.74, 6) is 0. The van der Waals surface area contributed by atoms with Gasteiger partial charge in [0.25, 0.3) is 5.56 Å². The summed E-state index contributed by atoms with van der Waals surface area (Å²) in [6.45, 7) is 4.01. The molecule has 5 nitrogen and oxygen atoms in total. The molecule has 0 amide bonds. The zero-order valence-electron chi connectivity index (χ0n) is 11.5. The van der Waals surface area contributed by atoms with Gasteiger partial charge in [-0.25, -0.2) is 0 Å². The zero-order valence-corrected chi connectivity index (χ0v) is 11.5. The molecule has 19 heavy (non-hydrogen) atoms. The van der Waals surface area contributed by atoms with E-state index in [4.69, 9.17) is 0 Å². The summed E-state index contributed by atoms with van der Waals surface area (Å²) in [6, 6.07) is 2.39. The van der Waals surface area contributed by atoms with Gasteiger partial charge in [-0.3, -0.25) is 14.0 Å². The summed E-state index contributed by atoms with van der Waals surface area (Å²) in [7, 11) is 1.76. The van der Waals surface area contributed by atoms with Crippen LogP contribution in [0.5, 0.6) is 0 Å². The average molecular weight is 258 g/mol. The Morgan fingerprint density at radius 3 is 2.74 bits per heavy atom. The number of nitrogens with zero attached hydrogens (tertiary/aromatic N) is 3. The van der Waals surface area contributed by atoms with Gasteiger partial charge in [-0.05, 0) is 38.3 Å². The second-order valence-electron chi connectivity index (χ2n) is 5.15. The Morgan fingerprint density at radius 2 is 2.11 bits per heavy atom. The maximum absolute atomic E-state index is 12.4. The number of hydrogen-bond donors (Lipinski definition) is 1. The first-order valence-corrected chi connectivity index (χ1v) is 6.57. The molecule has 0 radical (unpaired) electrons. The van der Waals surface area contributed by atoms with Crippen molar-refractivity contribution in [1.29, 1.82) is 0 Å². The van der Waals surface area contributed by atoms with E-state index in [0.29, 0.717) is 11.7 Å². The predicted molar refractivity (Wildman–Crippen MR) is 75.1 cm³/mol. The lowest BCUT2D eigenvalue weighted by atomic mass is 10.2. The Kier molecular flexibility index (Phi) is 2.69. The second kappa shape index (κ2) is 4.26. The molecule has 100 valence electrons.